The third-order valence-corrected chi connectivity index (χ3v) is 3.28. The van der Waals surface area contributed by atoms with Crippen LogP contribution in [0.3, 0.4) is 0 Å². The van der Waals surface area contributed by atoms with E-state index in [1.165, 1.54) is 24.2 Å². The summed E-state index contributed by atoms with van der Waals surface area (Å²) in [6.45, 7) is 8.00. The zero-order valence-corrected chi connectivity index (χ0v) is 10.9. The average molecular weight is 237 g/mol. The number of hydrogen-bond acceptors (Lipinski definition) is 3. The van der Waals surface area contributed by atoms with Crippen LogP contribution in [0.2, 0.25) is 0 Å². The topological polar surface area (TPSA) is 39.1 Å². The van der Waals surface area contributed by atoms with Gasteiger partial charge in [-0.1, -0.05) is 6.92 Å². The van der Waals surface area contributed by atoms with Crippen molar-refractivity contribution in [2.45, 2.75) is 52.3 Å². The number of nitrogens with one attached hydrogen (secondary N) is 1. The second kappa shape index (κ2) is 6.17. The van der Waals surface area contributed by atoms with Crippen LogP contribution in [0.25, 0.3) is 0 Å². The molecule has 96 valence electrons. The van der Waals surface area contributed by atoms with E-state index in [0.717, 1.165) is 32.7 Å². The van der Waals surface area contributed by atoms with Crippen LogP contribution in [-0.4, -0.2) is 29.0 Å². The molecule has 17 heavy (non-hydrogen) atoms. The van der Waals surface area contributed by atoms with E-state index in [-0.39, 0.29) is 0 Å². The van der Waals surface area contributed by atoms with Crippen molar-refractivity contribution in [3.63, 3.8) is 0 Å². The largest absolute Gasteiger partial charge is 0.377 e. The molecule has 2 heterocycles. The lowest BCUT2D eigenvalue weighted by Crippen LogP contribution is -2.26. The second-order valence-electron chi connectivity index (χ2n) is 4.56. The van der Waals surface area contributed by atoms with Crippen LogP contribution in [-0.2, 0) is 24.2 Å². The summed E-state index contributed by atoms with van der Waals surface area (Å²) in [7, 11) is 0. The zero-order valence-electron chi connectivity index (χ0n) is 10.9. The molecule has 1 unspecified atom stereocenters. The molecular formula is C13H23N3O. The molecule has 4 heteroatoms. The van der Waals surface area contributed by atoms with Gasteiger partial charge in [-0.05, 0) is 32.3 Å². The molecule has 0 aromatic carbocycles. The summed E-state index contributed by atoms with van der Waals surface area (Å²) in [6.07, 6.45) is 3.82. The van der Waals surface area contributed by atoms with Crippen molar-refractivity contribution in [3.05, 3.63) is 17.5 Å². The quantitative estimate of drug-likeness (QED) is 0.819. The highest BCUT2D eigenvalue weighted by atomic mass is 16.5. The average Bonchev–Trinajstić information content (AvgIpc) is 2.98. The first kappa shape index (κ1) is 12.6. The Bertz CT molecular complexity index is 342. The Morgan fingerprint density at radius 3 is 3.06 bits per heavy atom. The molecule has 1 aliphatic heterocycles. The molecule has 1 aromatic rings. The Morgan fingerprint density at radius 1 is 1.53 bits per heavy atom. The predicted molar refractivity (Wildman–Crippen MR) is 68.0 cm³/mol. The summed E-state index contributed by atoms with van der Waals surface area (Å²) in [5.74, 6) is 0. The number of hydrogen-bond donors (Lipinski definition) is 1. The molecule has 0 aliphatic carbocycles. The van der Waals surface area contributed by atoms with Gasteiger partial charge in [0.2, 0.25) is 0 Å². The molecule has 2 rings (SSSR count). The first-order valence-corrected chi connectivity index (χ1v) is 6.71. The Labute approximate surface area is 103 Å². The molecule has 0 bridgehead atoms. The molecule has 1 fully saturated rings. The van der Waals surface area contributed by atoms with Crippen LogP contribution < -0.4 is 5.32 Å². The van der Waals surface area contributed by atoms with Crippen LogP contribution in [0.15, 0.2) is 6.07 Å². The Kier molecular flexibility index (Phi) is 4.57. The van der Waals surface area contributed by atoms with Crippen molar-refractivity contribution >= 4 is 0 Å². The van der Waals surface area contributed by atoms with Gasteiger partial charge in [0.25, 0.3) is 0 Å². The molecule has 1 N–H and O–H groups in total. The lowest BCUT2D eigenvalue weighted by atomic mass is 10.2. The van der Waals surface area contributed by atoms with Crippen LogP contribution in [0.1, 0.15) is 38.1 Å². The number of aromatic nitrogens is 2. The van der Waals surface area contributed by atoms with Crippen LogP contribution in [0.4, 0.5) is 0 Å². The van der Waals surface area contributed by atoms with Crippen molar-refractivity contribution in [1.29, 1.82) is 0 Å². The van der Waals surface area contributed by atoms with Gasteiger partial charge in [-0.25, -0.2) is 0 Å². The first-order valence-electron chi connectivity index (χ1n) is 6.71. The molecule has 4 nitrogen and oxygen atoms in total. The van der Waals surface area contributed by atoms with Crippen molar-refractivity contribution in [3.8, 4) is 0 Å². The fraction of sp³-hybridized carbons (Fsp3) is 0.769. The first-order chi connectivity index (χ1) is 8.33. The van der Waals surface area contributed by atoms with E-state index in [4.69, 9.17) is 4.74 Å². The fourth-order valence-electron chi connectivity index (χ4n) is 2.27. The van der Waals surface area contributed by atoms with E-state index >= 15 is 0 Å². The number of aryl methyl sites for hydroxylation is 2. The summed E-state index contributed by atoms with van der Waals surface area (Å²) >= 11 is 0. The van der Waals surface area contributed by atoms with Crippen molar-refractivity contribution in [1.82, 2.24) is 15.1 Å². The molecule has 0 saturated carbocycles. The zero-order chi connectivity index (χ0) is 12.1. The van der Waals surface area contributed by atoms with Crippen molar-refractivity contribution in [2.75, 3.05) is 13.2 Å². The number of nitrogens with zero attached hydrogens (tertiary/aromatic N) is 2. The predicted octanol–water partition coefficient (Wildman–Crippen LogP) is 1.73. The highest BCUT2D eigenvalue weighted by molar-refractivity contribution is 5.10. The van der Waals surface area contributed by atoms with E-state index in [9.17, 15) is 0 Å². The molecule has 1 aliphatic rings. The van der Waals surface area contributed by atoms with Gasteiger partial charge < -0.3 is 10.1 Å². The molecule has 0 spiro atoms. The minimum atomic E-state index is 0.415. The Balaban J connectivity index is 1.82. The number of rotatable bonds is 6. The number of ether oxygens (including phenoxy) is 1. The Hall–Kier alpha value is -0.870. The third-order valence-electron chi connectivity index (χ3n) is 3.28. The molecule has 0 radical (unpaired) electrons. The molecular weight excluding hydrogens is 214 g/mol. The second-order valence-corrected chi connectivity index (χ2v) is 4.56. The standard InChI is InChI=1S/C13H23N3O/c1-3-11-8-12(16(4-2)15-11)9-14-10-13-6-5-7-17-13/h8,13-14H,3-7,9-10H2,1-2H3. The van der Waals surface area contributed by atoms with Gasteiger partial charge in [0, 0.05) is 26.2 Å². The van der Waals surface area contributed by atoms with Gasteiger partial charge in [-0.15, -0.1) is 0 Å². The summed E-state index contributed by atoms with van der Waals surface area (Å²) < 4.78 is 7.67. The van der Waals surface area contributed by atoms with Gasteiger partial charge in [0.1, 0.15) is 0 Å². The molecule has 1 aromatic heterocycles. The normalized spacial score (nSPS) is 20.0. The summed E-state index contributed by atoms with van der Waals surface area (Å²) in [5.41, 5.74) is 2.46. The van der Waals surface area contributed by atoms with E-state index in [0.29, 0.717) is 6.10 Å². The molecule has 1 atom stereocenters. The lowest BCUT2D eigenvalue weighted by Gasteiger charge is -2.11. The monoisotopic (exact) mass is 237 g/mol. The highest BCUT2D eigenvalue weighted by Crippen LogP contribution is 2.11. The fourth-order valence-corrected chi connectivity index (χ4v) is 2.27. The SMILES string of the molecule is CCc1cc(CNCC2CCCO2)n(CC)n1. The minimum absolute atomic E-state index is 0.415. The maximum Gasteiger partial charge on any atom is 0.0700 e. The summed E-state index contributed by atoms with van der Waals surface area (Å²) in [4.78, 5) is 0. The maximum absolute atomic E-state index is 5.59. The Morgan fingerprint density at radius 2 is 2.41 bits per heavy atom. The van der Waals surface area contributed by atoms with Gasteiger partial charge in [-0.2, -0.15) is 5.10 Å². The lowest BCUT2D eigenvalue weighted by molar-refractivity contribution is 0.110. The van der Waals surface area contributed by atoms with E-state index in [1.54, 1.807) is 0 Å². The third kappa shape index (κ3) is 3.30. The highest BCUT2D eigenvalue weighted by Gasteiger charge is 2.15. The van der Waals surface area contributed by atoms with Gasteiger partial charge >= 0.3 is 0 Å². The van der Waals surface area contributed by atoms with Crippen molar-refractivity contribution < 1.29 is 4.74 Å². The van der Waals surface area contributed by atoms with Gasteiger partial charge in [-0.3, -0.25) is 4.68 Å². The van der Waals surface area contributed by atoms with Crippen LogP contribution in [0.5, 0.6) is 0 Å². The van der Waals surface area contributed by atoms with E-state index in [1.807, 2.05) is 0 Å². The van der Waals surface area contributed by atoms with Crippen LogP contribution in [0, 0.1) is 0 Å². The van der Waals surface area contributed by atoms with Crippen LogP contribution >= 0.6 is 0 Å². The summed E-state index contributed by atoms with van der Waals surface area (Å²) in [6, 6.07) is 2.20. The molecule has 1 saturated heterocycles. The molecule has 0 amide bonds. The van der Waals surface area contributed by atoms with Gasteiger partial charge in [0.15, 0.2) is 0 Å². The van der Waals surface area contributed by atoms with E-state index in [2.05, 4.69) is 35.0 Å². The maximum atomic E-state index is 5.59. The van der Waals surface area contributed by atoms with Gasteiger partial charge in [0.05, 0.1) is 17.5 Å². The van der Waals surface area contributed by atoms with Crippen molar-refractivity contribution in [2.24, 2.45) is 0 Å². The minimum Gasteiger partial charge on any atom is -0.377 e. The smallest absolute Gasteiger partial charge is 0.0700 e. The summed E-state index contributed by atoms with van der Waals surface area (Å²) in [5, 5.41) is 8.01. The van der Waals surface area contributed by atoms with E-state index < -0.39 is 0 Å².